The molecule has 2 aromatic rings. The van der Waals surface area contributed by atoms with E-state index in [-0.39, 0.29) is 18.0 Å². The molecule has 0 radical (unpaired) electrons. The Bertz CT molecular complexity index is 701. The van der Waals surface area contributed by atoms with Crippen molar-refractivity contribution in [1.82, 2.24) is 0 Å². The van der Waals surface area contributed by atoms with Gasteiger partial charge in [-0.3, -0.25) is 9.59 Å². The summed E-state index contributed by atoms with van der Waals surface area (Å²) in [5, 5.41) is 0. The largest absolute Gasteiger partial charge is 0.497 e. The van der Waals surface area contributed by atoms with Gasteiger partial charge >= 0.3 is 0 Å². The first-order valence-corrected chi connectivity index (χ1v) is 7.80. The molecule has 4 heteroatoms. The molecular formula is C21H20O4. The molecule has 0 atom stereocenters. The van der Waals surface area contributed by atoms with Gasteiger partial charge < -0.3 is 9.47 Å². The average Bonchev–Trinajstić information content (AvgIpc) is 2.65. The maximum atomic E-state index is 11.9. The third-order valence-corrected chi connectivity index (χ3v) is 3.50. The van der Waals surface area contributed by atoms with Crippen molar-refractivity contribution in [2.24, 2.45) is 0 Å². The molecule has 2 rings (SSSR count). The summed E-state index contributed by atoms with van der Waals surface area (Å²) in [4.78, 5) is 23.7. The zero-order valence-corrected chi connectivity index (χ0v) is 14.3. The molecule has 0 unspecified atom stereocenters. The van der Waals surface area contributed by atoms with Crippen LogP contribution in [0.4, 0.5) is 0 Å². The first-order valence-electron chi connectivity index (χ1n) is 7.80. The number of ketones is 2. The predicted molar refractivity (Wildman–Crippen MR) is 98.7 cm³/mol. The van der Waals surface area contributed by atoms with E-state index in [0.29, 0.717) is 0 Å². The summed E-state index contributed by atoms with van der Waals surface area (Å²) < 4.78 is 10.1. The van der Waals surface area contributed by atoms with E-state index in [2.05, 4.69) is 0 Å². The van der Waals surface area contributed by atoms with E-state index in [1.165, 1.54) is 12.2 Å². The first-order chi connectivity index (χ1) is 12.1. The number of carbonyl (C=O) groups excluding carboxylic acids is 2. The highest BCUT2D eigenvalue weighted by molar-refractivity contribution is 6.10. The van der Waals surface area contributed by atoms with E-state index in [0.717, 1.165) is 22.6 Å². The lowest BCUT2D eigenvalue weighted by molar-refractivity contribution is -0.121. The van der Waals surface area contributed by atoms with Crippen molar-refractivity contribution in [3.8, 4) is 11.5 Å². The Labute approximate surface area is 147 Å². The smallest absolute Gasteiger partial charge is 0.163 e. The van der Waals surface area contributed by atoms with E-state index >= 15 is 0 Å². The molecule has 0 heterocycles. The number of ether oxygens (including phenoxy) is 2. The van der Waals surface area contributed by atoms with Crippen LogP contribution >= 0.6 is 0 Å². The molecule has 0 saturated heterocycles. The Balaban J connectivity index is 1.86. The van der Waals surface area contributed by atoms with Crippen LogP contribution in [0.15, 0.2) is 60.7 Å². The van der Waals surface area contributed by atoms with Crippen molar-refractivity contribution >= 4 is 23.7 Å². The monoisotopic (exact) mass is 336 g/mol. The number of benzene rings is 2. The maximum Gasteiger partial charge on any atom is 0.163 e. The molecule has 0 spiro atoms. The van der Waals surface area contributed by atoms with Gasteiger partial charge in [0.05, 0.1) is 20.6 Å². The van der Waals surface area contributed by atoms with Crippen LogP contribution in [-0.2, 0) is 9.59 Å². The summed E-state index contributed by atoms with van der Waals surface area (Å²) in [5.41, 5.74) is 1.74. The molecule has 0 aliphatic carbocycles. The van der Waals surface area contributed by atoms with Crippen LogP contribution in [0.3, 0.4) is 0 Å². The number of rotatable bonds is 8. The van der Waals surface area contributed by atoms with Crippen LogP contribution in [0.25, 0.3) is 12.2 Å². The number of hydrogen-bond acceptors (Lipinski definition) is 4. The molecule has 2 aromatic carbocycles. The second-order valence-electron chi connectivity index (χ2n) is 5.32. The summed E-state index contributed by atoms with van der Waals surface area (Å²) in [6, 6.07) is 14.6. The van der Waals surface area contributed by atoms with Gasteiger partial charge in [0, 0.05) is 0 Å². The van der Waals surface area contributed by atoms with Crippen molar-refractivity contribution < 1.29 is 19.1 Å². The molecule has 0 aliphatic rings. The fourth-order valence-electron chi connectivity index (χ4n) is 2.10. The molecule has 25 heavy (non-hydrogen) atoms. The van der Waals surface area contributed by atoms with Gasteiger partial charge in [0.15, 0.2) is 11.6 Å². The lowest BCUT2D eigenvalue weighted by Gasteiger charge is -1.99. The molecule has 0 aliphatic heterocycles. The third-order valence-electron chi connectivity index (χ3n) is 3.50. The Hall–Kier alpha value is -3.14. The van der Waals surface area contributed by atoms with Crippen LogP contribution in [0.5, 0.6) is 11.5 Å². The topological polar surface area (TPSA) is 52.6 Å². The molecule has 0 amide bonds. The van der Waals surface area contributed by atoms with Gasteiger partial charge in [-0.1, -0.05) is 36.4 Å². The Morgan fingerprint density at radius 3 is 1.40 bits per heavy atom. The van der Waals surface area contributed by atoms with Crippen LogP contribution in [0, 0.1) is 0 Å². The van der Waals surface area contributed by atoms with E-state index in [9.17, 15) is 9.59 Å². The fourth-order valence-corrected chi connectivity index (χ4v) is 2.10. The van der Waals surface area contributed by atoms with E-state index in [1.807, 2.05) is 48.5 Å². The number of carbonyl (C=O) groups is 2. The van der Waals surface area contributed by atoms with Crippen LogP contribution in [0.1, 0.15) is 17.5 Å². The van der Waals surface area contributed by atoms with Gasteiger partial charge in [0.2, 0.25) is 0 Å². The van der Waals surface area contributed by atoms with E-state index < -0.39 is 0 Å². The van der Waals surface area contributed by atoms with Gasteiger partial charge in [-0.15, -0.1) is 0 Å². The highest BCUT2D eigenvalue weighted by Crippen LogP contribution is 2.13. The van der Waals surface area contributed by atoms with Gasteiger partial charge in [0.1, 0.15) is 11.5 Å². The normalized spacial score (nSPS) is 11.0. The summed E-state index contributed by atoms with van der Waals surface area (Å²) in [6.07, 6.45) is 6.05. The molecule has 0 aromatic heterocycles. The SMILES string of the molecule is COc1ccc(/C=C/C(=O)CC(=O)/C=C/c2ccc(OC)cc2)cc1. The minimum atomic E-state index is -0.236. The standard InChI is InChI=1S/C21H20O4/c1-24-20-11-5-16(6-12-20)3-9-18(22)15-19(23)10-4-17-7-13-21(25-2)14-8-17/h3-14H,15H2,1-2H3/b9-3+,10-4+. The molecule has 0 saturated carbocycles. The predicted octanol–water partition coefficient (Wildman–Crippen LogP) is 3.96. The highest BCUT2D eigenvalue weighted by Gasteiger charge is 2.03. The number of hydrogen-bond donors (Lipinski definition) is 0. The van der Waals surface area contributed by atoms with E-state index in [1.54, 1.807) is 26.4 Å². The minimum Gasteiger partial charge on any atom is -0.497 e. The summed E-state index contributed by atoms with van der Waals surface area (Å²) >= 11 is 0. The molecule has 0 fully saturated rings. The van der Waals surface area contributed by atoms with Gasteiger partial charge in [-0.2, -0.15) is 0 Å². The second kappa shape index (κ2) is 9.23. The highest BCUT2D eigenvalue weighted by atomic mass is 16.5. The van der Waals surface area contributed by atoms with Crippen molar-refractivity contribution in [1.29, 1.82) is 0 Å². The average molecular weight is 336 g/mol. The zero-order chi connectivity index (χ0) is 18.1. The van der Waals surface area contributed by atoms with Crippen molar-refractivity contribution in [3.63, 3.8) is 0 Å². The van der Waals surface area contributed by atoms with Gasteiger partial charge in [0.25, 0.3) is 0 Å². The summed E-state index contributed by atoms with van der Waals surface area (Å²) in [7, 11) is 3.19. The second-order valence-corrected chi connectivity index (χ2v) is 5.32. The Kier molecular flexibility index (Phi) is 6.72. The van der Waals surface area contributed by atoms with Gasteiger partial charge in [-0.25, -0.2) is 0 Å². The van der Waals surface area contributed by atoms with Crippen molar-refractivity contribution in [3.05, 3.63) is 71.8 Å². The van der Waals surface area contributed by atoms with Crippen molar-refractivity contribution in [2.45, 2.75) is 6.42 Å². The Morgan fingerprint density at radius 1 is 0.720 bits per heavy atom. The summed E-state index contributed by atoms with van der Waals surface area (Å²) in [6.45, 7) is 0. The summed E-state index contributed by atoms with van der Waals surface area (Å²) in [5.74, 6) is 1.03. The maximum absolute atomic E-state index is 11.9. The van der Waals surface area contributed by atoms with Crippen LogP contribution in [-0.4, -0.2) is 25.8 Å². The minimum absolute atomic E-state index is 0.153. The quantitative estimate of drug-likeness (QED) is 0.541. The molecular weight excluding hydrogens is 316 g/mol. The number of methoxy groups -OCH3 is 2. The fraction of sp³-hybridized carbons (Fsp3) is 0.143. The molecule has 0 N–H and O–H groups in total. The van der Waals surface area contributed by atoms with Crippen LogP contribution < -0.4 is 9.47 Å². The lowest BCUT2D eigenvalue weighted by Crippen LogP contribution is -2.01. The molecule has 0 bridgehead atoms. The number of allylic oxidation sites excluding steroid dienone is 2. The zero-order valence-electron chi connectivity index (χ0n) is 14.3. The molecule has 4 nitrogen and oxygen atoms in total. The Morgan fingerprint density at radius 2 is 1.08 bits per heavy atom. The van der Waals surface area contributed by atoms with Crippen LogP contribution in [0.2, 0.25) is 0 Å². The first kappa shape index (κ1) is 18.2. The van der Waals surface area contributed by atoms with Gasteiger partial charge in [-0.05, 0) is 47.5 Å². The van der Waals surface area contributed by atoms with E-state index in [4.69, 9.17) is 9.47 Å². The molecule has 128 valence electrons. The third kappa shape index (κ3) is 6.11. The lowest BCUT2D eigenvalue weighted by atomic mass is 10.1. The van der Waals surface area contributed by atoms with Crippen molar-refractivity contribution in [2.75, 3.05) is 14.2 Å².